The largest absolute Gasteiger partial charge is 0.465 e. The standard InChI is InChI=1S/C23H19N3O5S/c1-30-21(28)15-8-16(22(29)31-2)10-17(9-15)24-20(27)11-18-13-32-23-25-19(12-26(18)23)14-6-4-3-5-7-14/h3-10,12-13H,11H2,1-2H3,(H,24,27). The van der Waals surface area contributed by atoms with E-state index in [2.05, 4.69) is 10.3 Å². The van der Waals surface area contributed by atoms with Crippen molar-refractivity contribution in [3.63, 3.8) is 0 Å². The third-order valence-corrected chi connectivity index (χ3v) is 5.64. The topological polar surface area (TPSA) is 99.0 Å². The Hall–Kier alpha value is -3.98. The molecule has 2 aromatic carbocycles. The summed E-state index contributed by atoms with van der Waals surface area (Å²) in [5.74, 6) is -1.56. The maximum Gasteiger partial charge on any atom is 0.337 e. The van der Waals surface area contributed by atoms with Crippen molar-refractivity contribution in [2.75, 3.05) is 19.5 Å². The van der Waals surface area contributed by atoms with Gasteiger partial charge in [0, 0.05) is 28.5 Å². The molecule has 32 heavy (non-hydrogen) atoms. The highest BCUT2D eigenvalue weighted by Gasteiger charge is 2.17. The van der Waals surface area contributed by atoms with Gasteiger partial charge in [0.15, 0.2) is 4.96 Å². The molecule has 0 fully saturated rings. The molecule has 0 unspecified atom stereocenters. The van der Waals surface area contributed by atoms with Gasteiger partial charge in [-0.2, -0.15) is 0 Å². The highest BCUT2D eigenvalue weighted by atomic mass is 32.1. The van der Waals surface area contributed by atoms with Crippen LogP contribution in [0.5, 0.6) is 0 Å². The molecule has 4 rings (SSSR count). The number of fused-ring (bicyclic) bond motifs is 1. The van der Waals surface area contributed by atoms with Gasteiger partial charge in [-0.15, -0.1) is 11.3 Å². The molecule has 0 aliphatic carbocycles. The van der Waals surface area contributed by atoms with Gasteiger partial charge in [0.05, 0.1) is 37.5 Å². The molecule has 0 saturated heterocycles. The number of rotatable bonds is 6. The average molecular weight is 449 g/mol. The molecular formula is C23H19N3O5S. The SMILES string of the molecule is COC(=O)c1cc(NC(=O)Cc2csc3nc(-c4ccccc4)cn23)cc(C(=O)OC)c1. The lowest BCUT2D eigenvalue weighted by molar-refractivity contribution is -0.115. The van der Waals surface area contributed by atoms with E-state index in [1.165, 1.54) is 43.8 Å². The zero-order valence-electron chi connectivity index (χ0n) is 17.3. The smallest absolute Gasteiger partial charge is 0.337 e. The Balaban J connectivity index is 1.56. The van der Waals surface area contributed by atoms with Gasteiger partial charge in [0.2, 0.25) is 5.91 Å². The molecule has 0 atom stereocenters. The number of aromatic nitrogens is 2. The van der Waals surface area contributed by atoms with E-state index in [0.29, 0.717) is 5.69 Å². The van der Waals surface area contributed by atoms with Gasteiger partial charge < -0.3 is 14.8 Å². The average Bonchev–Trinajstić information content (AvgIpc) is 3.40. The molecule has 8 nitrogen and oxygen atoms in total. The summed E-state index contributed by atoms with van der Waals surface area (Å²) in [4.78, 5) is 42.0. The predicted molar refractivity (Wildman–Crippen MR) is 120 cm³/mol. The van der Waals surface area contributed by atoms with E-state index in [1.807, 2.05) is 46.3 Å². The van der Waals surface area contributed by atoms with Crippen LogP contribution in [-0.4, -0.2) is 41.5 Å². The molecule has 0 aliphatic heterocycles. The number of nitrogens with zero attached hydrogens (tertiary/aromatic N) is 2. The number of thiazole rings is 1. The normalized spacial score (nSPS) is 10.7. The van der Waals surface area contributed by atoms with Crippen LogP contribution < -0.4 is 5.32 Å². The molecule has 162 valence electrons. The molecule has 0 saturated carbocycles. The zero-order chi connectivity index (χ0) is 22.7. The van der Waals surface area contributed by atoms with E-state index in [0.717, 1.165) is 21.9 Å². The summed E-state index contributed by atoms with van der Waals surface area (Å²) in [6.07, 6.45) is 1.98. The lowest BCUT2D eigenvalue weighted by atomic mass is 10.1. The third-order valence-electron chi connectivity index (χ3n) is 4.75. The van der Waals surface area contributed by atoms with Crippen molar-refractivity contribution in [3.05, 3.63) is 76.9 Å². The molecule has 1 amide bonds. The molecule has 0 radical (unpaired) electrons. The summed E-state index contributed by atoms with van der Waals surface area (Å²) in [7, 11) is 2.48. The molecule has 2 heterocycles. The summed E-state index contributed by atoms with van der Waals surface area (Å²) in [5.41, 5.74) is 3.15. The number of hydrogen-bond donors (Lipinski definition) is 1. The molecule has 0 spiro atoms. The quantitative estimate of drug-likeness (QED) is 0.450. The van der Waals surface area contributed by atoms with Crippen LogP contribution in [0.3, 0.4) is 0 Å². The molecule has 0 aliphatic rings. The van der Waals surface area contributed by atoms with Gasteiger partial charge in [0.1, 0.15) is 0 Å². The third kappa shape index (κ3) is 4.37. The number of ether oxygens (including phenoxy) is 2. The second-order valence-electron chi connectivity index (χ2n) is 6.88. The van der Waals surface area contributed by atoms with Crippen LogP contribution in [-0.2, 0) is 20.7 Å². The van der Waals surface area contributed by atoms with Gasteiger partial charge in [-0.25, -0.2) is 14.6 Å². The minimum atomic E-state index is -0.627. The van der Waals surface area contributed by atoms with E-state index in [-0.39, 0.29) is 23.5 Å². The summed E-state index contributed by atoms with van der Waals surface area (Å²) < 4.78 is 11.3. The Morgan fingerprint density at radius 2 is 1.66 bits per heavy atom. The fourth-order valence-electron chi connectivity index (χ4n) is 3.25. The molecule has 4 aromatic rings. The van der Waals surface area contributed by atoms with Crippen molar-refractivity contribution in [2.24, 2.45) is 0 Å². The Morgan fingerprint density at radius 1 is 1.00 bits per heavy atom. The Morgan fingerprint density at radius 3 is 2.28 bits per heavy atom. The fraction of sp³-hybridized carbons (Fsp3) is 0.130. The van der Waals surface area contributed by atoms with Crippen molar-refractivity contribution >= 4 is 39.8 Å². The number of benzene rings is 2. The van der Waals surface area contributed by atoms with Gasteiger partial charge in [-0.1, -0.05) is 30.3 Å². The second-order valence-corrected chi connectivity index (χ2v) is 7.72. The number of anilines is 1. The van der Waals surface area contributed by atoms with E-state index in [4.69, 9.17) is 9.47 Å². The Kier molecular flexibility index (Phi) is 6.00. The monoisotopic (exact) mass is 449 g/mol. The number of nitrogens with one attached hydrogen (secondary N) is 1. The van der Waals surface area contributed by atoms with Gasteiger partial charge in [-0.05, 0) is 18.2 Å². The van der Waals surface area contributed by atoms with E-state index < -0.39 is 11.9 Å². The van der Waals surface area contributed by atoms with Crippen LogP contribution in [0.1, 0.15) is 26.4 Å². The van der Waals surface area contributed by atoms with Crippen LogP contribution in [0.15, 0.2) is 60.1 Å². The van der Waals surface area contributed by atoms with Crippen LogP contribution in [0.4, 0.5) is 5.69 Å². The Labute approximate surface area is 187 Å². The lowest BCUT2D eigenvalue weighted by Gasteiger charge is -2.09. The second kappa shape index (κ2) is 9.03. The van der Waals surface area contributed by atoms with E-state index in [9.17, 15) is 14.4 Å². The van der Waals surface area contributed by atoms with E-state index >= 15 is 0 Å². The number of hydrogen-bond acceptors (Lipinski definition) is 7. The molecule has 9 heteroatoms. The van der Waals surface area contributed by atoms with Crippen LogP contribution in [0.2, 0.25) is 0 Å². The minimum Gasteiger partial charge on any atom is -0.465 e. The first-order chi connectivity index (χ1) is 15.5. The van der Waals surface area contributed by atoms with Crippen molar-refractivity contribution in [1.29, 1.82) is 0 Å². The van der Waals surface area contributed by atoms with Gasteiger partial charge in [-0.3, -0.25) is 9.20 Å². The van der Waals surface area contributed by atoms with E-state index in [1.54, 1.807) is 0 Å². The highest BCUT2D eigenvalue weighted by molar-refractivity contribution is 7.15. The first kappa shape index (κ1) is 21.3. The first-order valence-electron chi connectivity index (χ1n) is 9.61. The molecule has 1 N–H and O–H groups in total. The first-order valence-corrected chi connectivity index (χ1v) is 10.5. The molecule has 2 aromatic heterocycles. The van der Waals surface area contributed by atoms with Crippen LogP contribution >= 0.6 is 11.3 Å². The van der Waals surface area contributed by atoms with Crippen molar-refractivity contribution in [2.45, 2.75) is 6.42 Å². The highest BCUT2D eigenvalue weighted by Crippen LogP contribution is 2.24. The number of methoxy groups -OCH3 is 2. The maximum atomic E-state index is 12.7. The fourth-order valence-corrected chi connectivity index (χ4v) is 4.12. The number of esters is 2. The Bertz CT molecular complexity index is 1280. The number of amides is 1. The van der Waals surface area contributed by atoms with Crippen molar-refractivity contribution < 1.29 is 23.9 Å². The lowest BCUT2D eigenvalue weighted by Crippen LogP contribution is -2.16. The summed E-state index contributed by atoms with van der Waals surface area (Å²) >= 11 is 1.45. The maximum absolute atomic E-state index is 12.7. The predicted octanol–water partition coefficient (Wildman–Crippen LogP) is 3.82. The molecular weight excluding hydrogens is 430 g/mol. The van der Waals surface area contributed by atoms with Crippen LogP contribution in [0, 0.1) is 0 Å². The minimum absolute atomic E-state index is 0.0839. The molecule has 0 bridgehead atoms. The number of carbonyl (C=O) groups is 3. The van der Waals surface area contributed by atoms with Gasteiger partial charge >= 0.3 is 11.9 Å². The number of imidazole rings is 1. The summed E-state index contributed by atoms with van der Waals surface area (Å²) in [6, 6.07) is 14.0. The zero-order valence-corrected chi connectivity index (χ0v) is 18.1. The number of carbonyl (C=O) groups excluding carboxylic acids is 3. The summed E-state index contributed by atoms with van der Waals surface area (Å²) in [5, 5.41) is 4.61. The van der Waals surface area contributed by atoms with Crippen molar-refractivity contribution in [1.82, 2.24) is 9.38 Å². The van der Waals surface area contributed by atoms with Crippen LogP contribution in [0.25, 0.3) is 16.2 Å². The summed E-state index contributed by atoms with van der Waals surface area (Å²) in [6.45, 7) is 0. The van der Waals surface area contributed by atoms with Crippen molar-refractivity contribution in [3.8, 4) is 11.3 Å². The van der Waals surface area contributed by atoms with Gasteiger partial charge in [0.25, 0.3) is 0 Å².